The van der Waals surface area contributed by atoms with Crippen LogP contribution in [-0.4, -0.2) is 39.7 Å². The molecule has 1 heterocycles. The van der Waals surface area contributed by atoms with Gasteiger partial charge in [-0.1, -0.05) is 57.0 Å². The topological polar surface area (TPSA) is 81.4 Å². The fourth-order valence-electron chi connectivity index (χ4n) is 3.22. The summed E-state index contributed by atoms with van der Waals surface area (Å²) in [6, 6.07) is 21.0. The number of nitrogens with one attached hydrogen (secondary N) is 1. The Labute approximate surface area is 220 Å². The van der Waals surface area contributed by atoms with Gasteiger partial charge in [-0.3, -0.25) is 9.36 Å². The first-order chi connectivity index (χ1) is 16.9. The lowest BCUT2D eigenvalue weighted by Gasteiger charge is -2.11. The van der Waals surface area contributed by atoms with Crippen molar-refractivity contribution in [2.75, 3.05) is 12.9 Å². The molecular formula is C25H21BrClN5O2S. The highest BCUT2D eigenvalue weighted by Gasteiger charge is 2.17. The van der Waals surface area contributed by atoms with Gasteiger partial charge < -0.3 is 4.74 Å². The molecule has 0 atom stereocenters. The SMILES string of the molecule is COc1ccc(Br)cc1/C=N\NC(=O)CSc1nnc(-c2ccc(Cl)cc2)n1-c1ccc(C)cc1. The number of methoxy groups -OCH3 is 1. The van der Waals surface area contributed by atoms with E-state index in [-0.39, 0.29) is 11.7 Å². The molecule has 1 amide bonds. The summed E-state index contributed by atoms with van der Waals surface area (Å²) in [5.74, 6) is 1.15. The summed E-state index contributed by atoms with van der Waals surface area (Å²) < 4.78 is 8.13. The second-order valence-electron chi connectivity index (χ2n) is 7.45. The Bertz CT molecular complexity index is 1360. The van der Waals surface area contributed by atoms with Gasteiger partial charge in [-0.15, -0.1) is 10.2 Å². The third-order valence-corrected chi connectivity index (χ3v) is 6.62. The van der Waals surface area contributed by atoms with Crippen LogP contribution in [0.2, 0.25) is 5.02 Å². The van der Waals surface area contributed by atoms with Gasteiger partial charge in [0.05, 0.1) is 19.1 Å². The van der Waals surface area contributed by atoms with Gasteiger partial charge in [-0.2, -0.15) is 5.10 Å². The molecule has 7 nitrogen and oxygen atoms in total. The Balaban J connectivity index is 1.51. The third kappa shape index (κ3) is 6.30. The number of amides is 1. The predicted octanol–water partition coefficient (Wildman–Crippen LogP) is 5.91. The second-order valence-corrected chi connectivity index (χ2v) is 9.75. The van der Waals surface area contributed by atoms with Crippen LogP contribution < -0.4 is 10.2 Å². The van der Waals surface area contributed by atoms with Gasteiger partial charge in [0.2, 0.25) is 0 Å². The predicted molar refractivity (Wildman–Crippen MR) is 144 cm³/mol. The lowest BCUT2D eigenvalue weighted by Crippen LogP contribution is -2.20. The van der Waals surface area contributed by atoms with Crippen LogP contribution in [0.4, 0.5) is 0 Å². The fourth-order valence-corrected chi connectivity index (χ4v) is 4.47. The molecule has 4 aromatic rings. The normalized spacial score (nSPS) is 11.1. The molecular weight excluding hydrogens is 550 g/mol. The zero-order chi connectivity index (χ0) is 24.8. The molecule has 0 aliphatic carbocycles. The number of hydrogen-bond acceptors (Lipinski definition) is 6. The van der Waals surface area contributed by atoms with E-state index in [0.29, 0.717) is 21.8 Å². The number of thioether (sulfide) groups is 1. The molecule has 178 valence electrons. The number of aryl methyl sites for hydroxylation is 1. The van der Waals surface area contributed by atoms with E-state index in [1.807, 2.05) is 78.2 Å². The number of carbonyl (C=O) groups excluding carboxylic acids is 1. The number of hydrazone groups is 1. The number of aromatic nitrogens is 3. The monoisotopic (exact) mass is 569 g/mol. The first-order valence-electron chi connectivity index (χ1n) is 10.5. The van der Waals surface area contributed by atoms with Crippen molar-refractivity contribution in [2.45, 2.75) is 12.1 Å². The van der Waals surface area contributed by atoms with E-state index in [0.717, 1.165) is 26.9 Å². The molecule has 10 heteroatoms. The Morgan fingerprint density at radius 3 is 2.60 bits per heavy atom. The Morgan fingerprint density at radius 1 is 1.14 bits per heavy atom. The summed E-state index contributed by atoms with van der Waals surface area (Å²) in [6.45, 7) is 2.03. The fraction of sp³-hybridized carbons (Fsp3) is 0.120. The van der Waals surface area contributed by atoms with E-state index in [9.17, 15) is 4.79 Å². The quantitative estimate of drug-likeness (QED) is 0.162. The van der Waals surface area contributed by atoms with Gasteiger partial charge >= 0.3 is 0 Å². The molecule has 0 radical (unpaired) electrons. The summed E-state index contributed by atoms with van der Waals surface area (Å²) in [5, 5.41) is 14.0. The van der Waals surface area contributed by atoms with Crippen LogP contribution in [0.1, 0.15) is 11.1 Å². The van der Waals surface area contributed by atoms with Crippen LogP contribution in [0.15, 0.2) is 81.5 Å². The highest BCUT2D eigenvalue weighted by atomic mass is 79.9. The molecule has 0 fully saturated rings. The molecule has 0 unspecified atom stereocenters. The molecule has 0 saturated heterocycles. The van der Waals surface area contributed by atoms with Crippen LogP contribution >= 0.6 is 39.3 Å². The molecule has 0 bridgehead atoms. The molecule has 0 aliphatic heterocycles. The number of rotatable bonds is 8. The average Bonchev–Trinajstić information content (AvgIpc) is 3.28. The minimum atomic E-state index is -0.272. The van der Waals surface area contributed by atoms with E-state index in [1.54, 1.807) is 13.3 Å². The Morgan fingerprint density at radius 2 is 1.89 bits per heavy atom. The van der Waals surface area contributed by atoms with E-state index in [4.69, 9.17) is 16.3 Å². The van der Waals surface area contributed by atoms with Crippen molar-refractivity contribution in [2.24, 2.45) is 5.10 Å². The largest absolute Gasteiger partial charge is 0.496 e. The van der Waals surface area contributed by atoms with Crippen LogP contribution in [0.25, 0.3) is 17.1 Å². The van der Waals surface area contributed by atoms with Gasteiger partial charge in [0.1, 0.15) is 5.75 Å². The second kappa shape index (κ2) is 11.5. The first-order valence-corrected chi connectivity index (χ1v) is 12.7. The number of nitrogens with zero attached hydrogens (tertiary/aromatic N) is 4. The summed E-state index contributed by atoms with van der Waals surface area (Å²) in [6.07, 6.45) is 1.54. The molecule has 0 aliphatic rings. The van der Waals surface area contributed by atoms with Crippen molar-refractivity contribution in [1.82, 2.24) is 20.2 Å². The Hall–Kier alpha value is -3.14. The highest BCUT2D eigenvalue weighted by molar-refractivity contribution is 9.10. The lowest BCUT2D eigenvalue weighted by molar-refractivity contribution is -0.118. The van der Waals surface area contributed by atoms with Crippen molar-refractivity contribution in [1.29, 1.82) is 0 Å². The van der Waals surface area contributed by atoms with E-state index < -0.39 is 0 Å². The van der Waals surface area contributed by atoms with Crippen molar-refractivity contribution >= 4 is 51.4 Å². The smallest absolute Gasteiger partial charge is 0.250 e. The van der Waals surface area contributed by atoms with E-state index >= 15 is 0 Å². The van der Waals surface area contributed by atoms with Gasteiger partial charge in [0.15, 0.2) is 11.0 Å². The number of hydrogen-bond donors (Lipinski definition) is 1. The molecule has 1 aromatic heterocycles. The molecule has 3 aromatic carbocycles. The van der Waals surface area contributed by atoms with Gasteiger partial charge in [0, 0.05) is 26.3 Å². The van der Waals surface area contributed by atoms with Crippen LogP contribution in [0.5, 0.6) is 5.75 Å². The van der Waals surface area contributed by atoms with Gasteiger partial charge in [-0.25, -0.2) is 5.43 Å². The number of ether oxygens (including phenoxy) is 1. The van der Waals surface area contributed by atoms with Crippen LogP contribution in [0, 0.1) is 6.92 Å². The molecule has 1 N–H and O–H groups in total. The minimum Gasteiger partial charge on any atom is -0.496 e. The molecule has 0 spiro atoms. The van der Waals surface area contributed by atoms with Crippen LogP contribution in [0.3, 0.4) is 0 Å². The third-order valence-electron chi connectivity index (χ3n) is 4.94. The first kappa shape index (κ1) is 25.0. The summed E-state index contributed by atoms with van der Waals surface area (Å²) in [7, 11) is 1.58. The maximum Gasteiger partial charge on any atom is 0.250 e. The van der Waals surface area contributed by atoms with Gasteiger partial charge in [-0.05, 0) is 61.5 Å². The maximum atomic E-state index is 12.5. The summed E-state index contributed by atoms with van der Waals surface area (Å²) >= 11 is 10.8. The number of halogens is 2. The standard InChI is InChI=1S/C25H21BrClN5O2S/c1-16-3-10-21(11-4-16)32-24(17-5-8-20(27)9-6-17)30-31-25(32)35-15-23(33)29-28-14-18-13-19(26)7-12-22(18)34-2/h3-14H,15H2,1-2H3,(H,29,33)/b28-14-. The van der Waals surface area contributed by atoms with Gasteiger partial charge in [0.25, 0.3) is 5.91 Å². The summed E-state index contributed by atoms with van der Waals surface area (Å²) in [4.78, 5) is 12.5. The lowest BCUT2D eigenvalue weighted by atomic mass is 10.2. The number of benzene rings is 3. The summed E-state index contributed by atoms with van der Waals surface area (Å²) in [5.41, 5.74) is 6.19. The minimum absolute atomic E-state index is 0.109. The average molecular weight is 571 g/mol. The zero-order valence-corrected chi connectivity index (χ0v) is 22.1. The maximum absolute atomic E-state index is 12.5. The number of carbonyl (C=O) groups is 1. The highest BCUT2D eigenvalue weighted by Crippen LogP contribution is 2.29. The van der Waals surface area contributed by atoms with Crippen molar-refractivity contribution in [3.05, 3.63) is 87.4 Å². The van der Waals surface area contributed by atoms with E-state index in [1.165, 1.54) is 11.8 Å². The van der Waals surface area contributed by atoms with E-state index in [2.05, 4.69) is 36.7 Å². The Kier molecular flexibility index (Phi) is 8.22. The van der Waals surface area contributed by atoms with Crippen molar-refractivity contribution < 1.29 is 9.53 Å². The van der Waals surface area contributed by atoms with Crippen molar-refractivity contribution in [3.63, 3.8) is 0 Å². The van der Waals surface area contributed by atoms with Crippen molar-refractivity contribution in [3.8, 4) is 22.8 Å². The molecule has 0 saturated carbocycles. The van der Waals surface area contributed by atoms with Crippen LogP contribution in [-0.2, 0) is 4.79 Å². The molecule has 35 heavy (non-hydrogen) atoms. The molecule has 4 rings (SSSR count). The zero-order valence-electron chi connectivity index (χ0n) is 18.9.